The molecule has 5 rings (SSSR count). The van der Waals surface area contributed by atoms with E-state index in [-0.39, 0.29) is 18.5 Å². The molecule has 1 aliphatic carbocycles. The van der Waals surface area contributed by atoms with Crippen LogP contribution in [0.4, 0.5) is 5.82 Å². The van der Waals surface area contributed by atoms with Gasteiger partial charge in [-0.05, 0) is 63.1 Å². The van der Waals surface area contributed by atoms with Gasteiger partial charge in [0.05, 0.1) is 18.2 Å². The number of aryl methyl sites for hydroxylation is 2. The monoisotopic (exact) mass is 459 g/mol. The molecule has 0 unspecified atom stereocenters. The molecule has 0 bridgehead atoms. The Morgan fingerprint density at radius 3 is 2.65 bits per heavy atom. The van der Waals surface area contributed by atoms with Crippen molar-refractivity contribution in [1.29, 1.82) is 0 Å². The number of nitrogens with one attached hydrogen (secondary N) is 2. The molecule has 7 nitrogen and oxygen atoms in total. The van der Waals surface area contributed by atoms with Crippen molar-refractivity contribution >= 4 is 22.5 Å². The number of carbonyl (C=O) groups excluding carboxylic acids is 1. The number of amides is 1. The number of pyridine rings is 2. The van der Waals surface area contributed by atoms with Crippen molar-refractivity contribution in [2.24, 2.45) is 0 Å². The van der Waals surface area contributed by atoms with Gasteiger partial charge in [-0.1, -0.05) is 23.8 Å². The van der Waals surface area contributed by atoms with Crippen LogP contribution in [0.5, 0.6) is 0 Å². The lowest BCUT2D eigenvalue weighted by atomic mass is 9.77. The maximum atomic E-state index is 12.5. The van der Waals surface area contributed by atoms with Crippen LogP contribution in [0.2, 0.25) is 0 Å². The topological polar surface area (TPSA) is 90.4 Å². The van der Waals surface area contributed by atoms with Crippen molar-refractivity contribution in [2.75, 3.05) is 25.0 Å². The third kappa shape index (κ3) is 4.76. The predicted molar refractivity (Wildman–Crippen MR) is 134 cm³/mol. The Hall–Kier alpha value is -3.03. The lowest BCUT2D eigenvalue weighted by molar-refractivity contribution is -0.121. The number of aliphatic hydroxyl groups is 1. The summed E-state index contributed by atoms with van der Waals surface area (Å²) in [5, 5.41) is 19.6. The molecule has 2 aromatic heterocycles. The first kappa shape index (κ1) is 22.7. The third-order valence-corrected chi connectivity index (χ3v) is 7.36. The number of carbonyl (C=O) groups is 1. The molecule has 3 N–H and O–H groups in total. The second-order valence-corrected chi connectivity index (χ2v) is 9.91. The van der Waals surface area contributed by atoms with E-state index in [1.807, 2.05) is 31.3 Å². The number of nitrogens with zero attached hydrogens (tertiary/aromatic N) is 3. The Morgan fingerprint density at radius 2 is 1.91 bits per heavy atom. The van der Waals surface area contributed by atoms with Gasteiger partial charge in [0.15, 0.2) is 0 Å². The van der Waals surface area contributed by atoms with Gasteiger partial charge >= 0.3 is 0 Å². The van der Waals surface area contributed by atoms with Crippen LogP contribution in [0.25, 0.3) is 10.8 Å². The molecule has 3 aromatic rings. The number of likely N-dealkylation sites (tertiary alicyclic amines) is 1. The van der Waals surface area contributed by atoms with Crippen LogP contribution in [0.3, 0.4) is 0 Å². The second-order valence-electron chi connectivity index (χ2n) is 9.91. The van der Waals surface area contributed by atoms with E-state index in [1.54, 1.807) is 6.20 Å². The first-order valence-electron chi connectivity index (χ1n) is 12.2. The molecule has 7 heteroatoms. The minimum Gasteiger partial charge on any atom is -0.385 e. The van der Waals surface area contributed by atoms with Gasteiger partial charge in [0.25, 0.3) is 0 Å². The third-order valence-electron chi connectivity index (χ3n) is 7.36. The molecule has 2 aliphatic rings. The molecule has 3 heterocycles. The molecule has 1 amide bonds. The van der Waals surface area contributed by atoms with E-state index in [1.165, 1.54) is 5.56 Å². The maximum Gasteiger partial charge on any atom is 0.239 e. The Labute approximate surface area is 200 Å². The highest BCUT2D eigenvalue weighted by Gasteiger charge is 2.40. The maximum absolute atomic E-state index is 12.5. The van der Waals surface area contributed by atoms with E-state index < -0.39 is 5.60 Å². The first-order chi connectivity index (χ1) is 16.4. The molecule has 0 atom stereocenters. The van der Waals surface area contributed by atoms with Crippen LogP contribution in [-0.2, 0) is 10.4 Å². The number of hydrogen-bond donors (Lipinski definition) is 3. The Morgan fingerprint density at radius 1 is 1.12 bits per heavy atom. The highest BCUT2D eigenvalue weighted by molar-refractivity contribution is 5.93. The minimum atomic E-state index is -0.768. The number of fused-ring (bicyclic) bond motifs is 1. The summed E-state index contributed by atoms with van der Waals surface area (Å²) < 4.78 is 0. The van der Waals surface area contributed by atoms with Crippen molar-refractivity contribution in [3.05, 3.63) is 65.6 Å². The lowest BCUT2D eigenvalue weighted by Gasteiger charge is -2.48. The van der Waals surface area contributed by atoms with Crippen molar-refractivity contribution < 1.29 is 9.90 Å². The predicted octanol–water partition coefficient (Wildman–Crippen LogP) is 3.29. The SMILES string of the molecule is Cc1ccc2ccnc(NCC(=O)NC3CN(C4CCC(O)(c5ccc(C)nc5)CC4)C3)c2c1. The number of benzene rings is 1. The zero-order valence-electron chi connectivity index (χ0n) is 19.9. The fourth-order valence-corrected chi connectivity index (χ4v) is 5.24. The van der Waals surface area contributed by atoms with Crippen LogP contribution >= 0.6 is 0 Å². The molecule has 34 heavy (non-hydrogen) atoms. The molecule has 1 saturated carbocycles. The highest BCUT2D eigenvalue weighted by Crippen LogP contribution is 2.39. The zero-order chi connectivity index (χ0) is 23.7. The number of aromatic nitrogens is 2. The van der Waals surface area contributed by atoms with Crippen LogP contribution in [-0.4, -0.2) is 57.6 Å². The molecule has 1 aromatic carbocycles. The van der Waals surface area contributed by atoms with E-state index in [4.69, 9.17) is 0 Å². The molecule has 178 valence electrons. The Bertz CT molecular complexity index is 1170. The van der Waals surface area contributed by atoms with Gasteiger partial charge in [-0.15, -0.1) is 0 Å². The van der Waals surface area contributed by atoms with Crippen LogP contribution in [0.15, 0.2) is 48.8 Å². The van der Waals surface area contributed by atoms with Gasteiger partial charge in [0, 0.05) is 48.2 Å². The average molecular weight is 460 g/mol. The van der Waals surface area contributed by atoms with E-state index >= 15 is 0 Å². The van der Waals surface area contributed by atoms with E-state index in [0.717, 1.165) is 66.6 Å². The summed E-state index contributed by atoms with van der Waals surface area (Å²) in [6.45, 7) is 5.95. The quantitative estimate of drug-likeness (QED) is 0.524. The van der Waals surface area contributed by atoms with Crippen LogP contribution in [0, 0.1) is 13.8 Å². The molecular formula is C27H33N5O2. The van der Waals surface area contributed by atoms with Crippen molar-refractivity contribution in [2.45, 2.75) is 57.2 Å². The number of hydrogen-bond acceptors (Lipinski definition) is 6. The van der Waals surface area contributed by atoms with E-state index in [0.29, 0.717) is 6.04 Å². The Balaban J connectivity index is 1.07. The summed E-state index contributed by atoms with van der Waals surface area (Å²) in [6.07, 6.45) is 6.99. The smallest absolute Gasteiger partial charge is 0.239 e. The Kier molecular flexibility index (Phi) is 6.23. The van der Waals surface area contributed by atoms with Gasteiger partial charge in [0.1, 0.15) is 5.82 Å². The molecular weight excluding hydrogens is 426 g/mol. The molecule has 2 fully saturated rings. The van der Waals surface area contributed by atoms with E-state index in [2.05, 4.69) is 50.6 Å². The van der Waals surface area contributed by atoms with Crippen molar-refractivity contribution in [1.82, 2.24) is 20.2 Å². The van der Waals surface area contributed by atoms with Crippen molar-refractivity contribution in [3.63, 3.8) is 0 Å². The van der Waals surface area contributed by atoms with Gasteiger partial charge in [-0.3, -0.25) is 14.7 Å². The van der Waals surface area contributed by atoms with Gasteiger partial charge in [-0.25, -0.2) is 4.98 Å². The zero-order valence-corrected chi connectivity index (χ0v) is 19.9. The normalized spacial score (nSPS) is 23.4. The summed E-state index contributed by atoms with van der Waals surface area (Å²) in [5.74, 6) is 0.728. The fraction of sp³-hybridized carbons (Fsp3) is 0.444. The van der Waals surface area contributed by atoms with Gasteiger partial charge in [0.2, 0.25) is 5.91 Å². The largest absolute Gasteiger partial charge is 0.385 e. The summed E-state index contributed by atoms with van der Waals surface area (Å²) in [7, 11) is 0. The van der Waals surface area contributed by atoms with E-state index in [9.17, 15) is 9.90 Å². The average Bonchev–Trinajstić information content (AvgIpc) is 2.81. The number of rotatable bonds is 6. The summed E-state index contributed by atoms with van der Waals surface area (Å²) in [5.41, 5.74) is 2.29. The molecule has 0 radical (unpaired) electrons. The lowest BCUT2D eigenvalue weighted by Crippen LogP contribution is -2.63. The van der Waals surface area contributed by atoms with Gasteiger partial charge < -0.3 is 15.7 Å². The van der Waals surface area contributed by atoms with Gasteiger partial charge in [-0.2, -0.15) is 0 Å². The standard InChI is InChI=1S/C27H33N5O2/c1-18-3-5-20-9-12-28-26(24(20)13-18)30-15-25(33)31-22-16-32(17-22)23-7-10-27(34,11-8-23)21-6-4-19(2)29-14-21/h3-6,9,12-14,22-23,34H,7-8,10-11,15-17H2,1-2H3,(H,28,30)(H,31,33). The summed E-state index contributed by atoms with van der Waals surface area (Å²) in [4.78, 5) is 23.7. The summed E-state index contributed by atoms with van der Waals surface area (Å²) >= 11 is 0. The highest BCUT2D eigenvalue weighted by atomic mass is 16.3. The summed E-state index contributed by atoms with van der Waals surface area (Å²) in [6, 6.07) is 12.8. The molecule has 1 saturated heterocycles. The number of anilines is 1. The second kappa shape index (κ2) is 9.31. The van der Waals surface area contributed by atoms with Crippen LogP contribution in [0.1, 0.15) is 42.5 Å². The first-order valence-corrected chi connectivity index (χ1v) is 12.2. The van der Waals surface area contributed by atoms with Crippen molar-refractivity contribution in [3.8, 4) is 0 Å². The minimum absolute atomic E-state index is 0.0130. The molecule has 1 aliphatic heterocycles. The fourth-order valence-electron chi connectivity index (χ4n) is 5.24. The molecule has 0 spiro atoms. The van der Waals surface area contributed by atoms with Crippen LogP contribution < -0.4 is 10.6 Å².